The first-order chi connectivity index (χ1) is 8.34. The maximum atomic E-state index is 12.4. The number of anilines is 3. The highest BCUT2D eigenvalue weighted by atomic mass is 16.2. The van der Waals surface area contributed by atoms with Crippen LogP contribution in [0.3, 0.4) is 0 Å². The highest BCUT2D eigenvalue weighted by molar-refractivity contribution is 6.05. The Morgan fingerprint density at radius 1 is 1.28 bits per heavy atom. The van der Waals surface area contributed by atoms with Crippen LogP contribution in [-0.4, -0.2) is 36.0 Å². The predicted octanol–water partition coefficient (Wildman–Crippen LogP) is 0.804. The summed E-state index contributed by atoms with van der Waals surface area (Å²) < 4.78 is 0. The Labute approximate surface area is 107 Å². The first-order valence-corrected chi connectivity index (χ1v) is 5.99. The fraction of sp³-hybridized carbons (Fsp3) is 0.583. The van der Waals surface area contributed by atoms with Crippen molar-refractivity contribution in [3.8, 4) is 0 Å². The number of nitrogens with zero attached hydrogens (tertiary/aromatic N) is 4. The number of likely N-dealkylation sites (N-methyl/N-ethyl adjacent to an activating group) is 2. The first-order valence-electron chi connectivity index (χ1n) is 5.99. The van der Waals surface area contributed by atoms with E-state index in [1.54, 1.807) is 11.9 Å². The Morgan fingerprint density at radius 2 is 1.89 bits per heavy atom. The summed E-state index contributed by atoms with van der Waals surface area (Å²) in [6.45, 7) is 5.88. The van der Waals surface area contributed by atoms with Crippen LogP contribution in [0.2, 0.25) is 0 Å². The van der Waals surface area contributed by atoms with Crippen LogP contribution >= 0.6 is 0 Å². The topological polar surface area (TPSA) is 75.3 Å². The molecule has 1 aromatic heterocycles. The maximum Gasteiger partial charge on any atom is 0.249 e. The van der Waals surface area contributed by atoms with Gasteiger partial charge in [0, 0.05) is 14.1 Å². The fourth-order valence-electron chi connectivity index (χ4n) is 2.55. The molecular weight excluding hydrogens is 230 g/mol. The van der Waals surface area contributed by atoms with E-state index in [4.69, 9.17) is 5.73 Å². The molecule has 0 saturated heterocycles. The van der Waals surface area contributed by atoms with Crippen molar-refractivity contribution in [2.75, 3.05) is 29.6 Å². The molecule has 0 spiro atoms. The molecular formula is C12H19N5O. The molecule has 2 N–H and O–H groups in total. The number of nitrogen functional groups attached to an aromatic ring is 1. The second kappa shape index (κ2) is 4.12. The van der Waals surface area contributed by atoms with Gasteiger partial charge >= 0.3 is 0 Å². The number of amides is 1. The summed E-state index contributed by atoms with van der Waals surface area (Å²) in [5.41, 5.74) is 7.16. The molecule has 1 aliphatic heterocycles. The van der Waals surface area contributed by atoms with Crippen molar-refractivity contribution in [3.05, 3.63) is 5.69 Å². The number of fused-ring (bicyclic) bond motifs is 1. The molecule has 1 atom stereocenters. The van der Waals surface area contributed by atoms with Gasteiger partial charge in [-0.3, -0.25) is 4.79 Å². The Kier molecular flexibility index (Phi) is 2.88. The Morgan fingerprint density at radius 3 is 2.44 bits per heavy atom. The van der Waals surface area contributed by atoms with E-state index < -0.39 is 0 Å². The van der Waals surface area contributed by atoms with Gasteiger partial charge in [-0.25, -0.2) is 4.98 Å². The average Bonchev–Trinajstić information content (AvgIpc) is 2.25. The summed E-state index contributed by atoms with van der Waals surface area (Å²) in [5, 5.41) is 0. The van der Waals surface area contributed by atoms with Crippen LogP contribution in [-0.2, 0) is 4.79 Å². The van der Waals surface area contributed by atoms with E-state index in [0.717, 1.165) is 17.2 Å². The number of hydrogen-bond donors (Lipinski definition) is 1. The molecule has 2 heterocycles. The van der Waals surface area contributed by atoms with Gasteiger partial charge in [-0.2, -0.15) is 4.98 Å². The zero-order chi connectivity index (χ0) is 13.6. The third kappa shape index (κ3) is 1.68. The molecule has 0 saturated carbocycles. The maximum absolute atomic E-state index is 12.4. The SMILES string of the molecule is Cc1nc(N)nc2c1N(C)C(=O)C(C(C)C)N2C. The molecule has 1 amide bonds. The van der Waals surface area contributed by atoms with Gasteiger partial charge in [0.05, 0.1) is 5.69 Å². The van der Waals surface area contributed by atoms with Crippen LogP contribution in [0.4, 0.5) is 17.5 Å². The molecule has 6 nitrogen and oxygen atoms in total. The summed E-state index contributed by atoms with van der Waals surface area (Å²) in [5.74, 6) is 1.23. The second-order valence-corrected chi connectivity index (χ2v) is 5.04. The van der Waals surface area contributed by atoms with Crippen LogP contribution < -0.4 is 15.5 Å². The van der Waals surface area contributed by atoms with Crippen molar-refractivity contribution in [2.45, 2.75) is 26.8 Å². The molecule has 1 unspecified atom stereocenters. The molecule has 98 valence electrons. The van der Waals surface area contributed by atoms with Crippen LogP contribution in [0, 0.1) is 12.8 Å². The Bertz CT molecular complexity index is 499. The summed E-state index contributed by atoms with van der Waals surface area (Å²) >= 11 is 0. The lowest BCUT2D eigenvalue weighted by Crippen LogP contribution is -2.53. The lowest BCUT2D eigenvalue weighted by atomic mass is 9.98. The molecule has 2 rings (SSSR count). The minimum atomic E-state index is -0.212. The highest BCUT2D eigenvalue weighted by Gasteiger charge is 2.38. The fourth-order valence-corrected chi connectivity index (χ4v) is 2.55. The molecule has 0 fully saturated rings. The Balaban J connectivity index is 2.63. The molecule has 0 aromatic carbocycles. The summed E-state index contributed by atoms with van der Waals surface area (Å²) in [6, 6.07) is -0.212. The van der Waals surface area contributed by atoms with Gasteiger partial charge in [0.2, 0.25) is 11.9 Å². The standard InChI is InChI=1S/C12H19N5O/c1-6(2)8-11(18)17(5)9-7(3)14-12(13)15-10(9)16(8)4/h6,8H,1-5H3,(H2,13,14,15). The van der Waals surface area contributed by atoms with E-state index >= 15 is 0 Å². The molecule has 18 heavy (non-hydrogen) atoms. The monoisotopic (exact) mass is 249 g/mol. The number of nitrogens with two attached hydrogens (primary N) is 1. The molecule has 6 heteroatoms. The van der Waals surface area contributed by atoms with E-state index in [1.165, 1.54) is 0 Å². The number of rotatable bonds is 1. The number of aromatic nitrogens is 2. The number of hydrogen-bond acceptors (Lipinski definition) is 5. The first kappa shape index (κ1) is 12.6. The van der Waals surface area contributed by atoms with Gasteiger partial charge in [-0.05, 0) is 12.8 Å². The van der Waals surface area contributed by atoms with Crippen molar-refractivity contribution >= 4 is 23.4 Å². The zero-order valence-electron chi connectivity index (χ0n) is 11.4. The summed E-state index contributed by atoms with van der Waals surface area (Å²) in [7, 11) is 3.64. The van der Waals surface area contributed by atoms with E-state index in [0.29, 0.717) is 0 Å². The number of carbonyl (C=O) groups is 1. The largest absolute Gasteiger partial charge is 0.368 e. The van der Waals surface area contributed by atoms with E-state index in [9.17, 15) is 4.79 Å². The van der Waals surface area contributed by atoms with Crippen molar-refractivity contribution in [1.29, 1.82) is 0 Å². The van der Waals surface area contributed by atoms with Gasteiger partial charge < -0.3 is 15.5 Å². The van der Waals surface area contributed by atoms with E-state index in [1.807, 2.05) is 32.7 Å². The molecule has 0 aliphatic carbocycles. The predicted molar refractivity (Wildman–Crippen MR) is 71.6 cm³/mol. The minimum absolute atomic E-state index is 0.0662. The molecule has 1 aromatic rings. The van der Waals surface area contributed by atoms with Crippen molar-refractivity contribution in [1.82, 2.24) is 9.97 Å². The smallest absolute Gasteiger partial charge is 0.249 e. The minimum Gasteiger partial charge on any atom is -0.368 e. The summed E-state index contributed by atoms with van der Waals surface area (Å²) in [6.07, 6.45) is 0. The van der Waals surface area contributed by atoms with Crippen LogP contribution in [0.15, 0.2) is 0 Å². The second-order valence-electron chi connectivity index (χ2n) is 5.04. The van der Waals surface area contributed by atoms with Crippen molar-refractivity contribution in [3.63, 3.8) is 0 Å². The van der Waals surface area contributed by atoms with Gasteiger partial charge in [-0.1, -0.05) is 13.8 Å². The number of aryl methyl sites for hydroxylation is 1. The van der Waals surface area contributed by atoms with Gasteiger partial charge in [-0.15, -0.1) is 0 Å². The number of carbonyl (C=O) groups excluding carboxylic acids is 1. The van der Waals surface area contributed by atoms with Crippen LogP contribution in [0.5, 0.6) is 0 Å². The third-order valence-corrected chi connectivity index (χ3v) is 3.36. The molecule has 0 bridgehead atoms. The van der Waals surface area contributed by atoms with Crippen LogP contribution in [0.1, 0.15) is 19.5 Å². The van der Waals surface area contributed by atoms with E-state index in [2.05, 4.69) is 9.97 Å². The van der Waals surface area contributed by atoms with Gasteiger partial charge in [0.25, 0.3) is 0 Å². The van der Waals surface area contributed by atoms with Crippen molar-refractivity contribution < 1.29 is 4.79 Å². The normalized spacial score (nSPS) is 19.4. The molecule has 0 radical (unpaired) electrons. The van der Waals surface area contributed by atoms with E-state index in [-0.39, 0.29) is 23.8 Å². The third-order valence-electron chi connectivity index (χ3n) is 3.36. The summed E-state index contributed by atoms with van der Waals surface area (Å²) in [4.78, 5) is 24.3. The highest BCUT2D eigenvalue weighted by Crippen LogP contribution is 2.36. The van der Waals surface area contributed by atoms with Gasteiger partial charge in [0.1, 0.15) is 11.7 Å². The van der Waals surface area contributed by atoms with Crippen molar-refractivity contribution in [2.24, 2.45) is 5.92 Å². The molecule has 1 aliphatic rings. The lowest BCUT2D eigenvalue weighted by molar-refractivity contribution is -0.120. The quantitative estimate of drug-likeness (QED) is 0.797. The lowest BCUT2D eigenvalue weighted by Gasteiger charge is -2.40. The van der Waals surface area contributed by atoms with Gasteiger partial charge in [0.15, 0.2) is 5.82 Å². The Hall–Kier alpha value is -1.85. The van der Waals surface area contributed by atoms with Crippen LogP contribution in [0.25, 0.3) is 0 Å². The zero-order valence-corrected chi connectivity index (χ0v) is 11.4. The average molecular weight is 249 g/mol.